The molecule has 0 bridgehead atoms. The average molecular weight is 154 g/mol. The number of amides is 2. The maximum atomic E-state index is 10.5. The Morgan fingerprint density at radius 2 is 1.78 bits per heavy atom. The topological polar surface area (TPSA) is 92.8 Å². The number of carboxylic acid groups (broad SMARTS) is 1. The predicted octanol–water partition coefficient (Wildman–Crippen LogP) is 0.430. The quantitative estimate of drug-likeness (QED) is 0.390. The largest absolute Gasteiger partial charge is 0.465 e. The number of halogens is 1. The maximum absolute atomic E-state index is 10.5. The molecule has 0 unspecified atom stereocenters. The van der Waals surface area contributed by atoms with E-state index < -0.39 is 12.3 Å². The van der Waals surface area contributed by atoms with Gasteiger partial charge in [0.05, 0.1) is 0 Å². The Balaban J connectivity index is 0. The van der Waals surface area contributed by atoms with Crippen LogP contribution >= 0.6 is 0 Å². The fourth-order valence-corrected chi connectivity index (χ4v) is 0. The Kier molecular flexibility index (Phi) is 8.27. The van der Waals surface area contributed by atoms with Crippen LogP contribution in [0.4, 0.5) is 14.0 Å². The van der Waals surface area contributed by atoms with Gasteiger partial charge >= 0.3 is 12.3 Å². The van der Waals surface area contributed by atoms with E-state index in [-0.39, 0.29) is 0 Å². The molecule has 0 radical (unpaired) electrons. The molecule has 0 spiro atoms. The summed E-state index contributed by atoms with van der Waals surface area (Å²) in [4.78, 5) is 17.7. The lowest BCUT2D eigenvalue weighted by atomic mass is 11.3. The maximum Gasteiger partial charge on any atom is 0.435 e. The highest BCUT2D eigenvalue weighted by atomic mass is 32.1. The van der Waals surface area contributed by atoms with Crippen LogP contribution in [0.15, 0.2) is 4.36 Å². The van der Waals surface area contributed by atoms with Crippen molar-refractivity contribution in [2.45, 2.75) is 0 Å². The monoisotopic (exact) mass is 154 g/mol. The third-order valence-electron chi connectivity index (χ3n) is 0.0718. The van der Waals surface area contributed by atoms with Crippen molar-refractivity contribution >= 4 is 24.7 Å². The standard InChI is InChI=1S/CFNOS.CH3NO2/c2-1(4)3-5;2-1(3)4/h;2H2,(H,3,4). The summed E-state index contributed by atoms with van der Waals surface area (Å²) in [6.07, 6.45) is -3.14. The molecule has 0 saturated heterocycles. The number of nitrogens with two attached hydrogens (primary N) is 1. The molecule has 0 aromatic carbocycles. The van der Waals surface area contributed by atoms with E-state index in [0.717, 1.165) is 0 Å². The van der Waals surface area contributed by atoms with Gasteiger partial charge in [-0.05, 0) is 0 Å². The van der Waals surface area contributed by atoms with Crippen molar-refractivity contribution in [2.24, 2.45) is 10.1 Å². The first-order valence-electron chi connectivity index (χ1n) is 1.52. The Morgan fingerprint density at radius 1 is 1.67 bits per heavy atom. The van der Waals surface area contributed by atoms with E-state index in [2.05, 4.69) is 22.5 Å². The van der Waals surface area contributed by atoms with Crippen molar-refractivity contribution < 1.29 is 19.1 Å². The first-order chi connectivity index (χ1) is 4.00. The van der Waals surface area contributed by atoms with Gasteiger partial charge in [0, 0.05) is 12.4 Å². The number of rotatable bonds is 0. The SMILES string of the molecule is NC(=O)O.O=C(F)N=S. The van der Waals surface area contributed by atoms with E-state index in [1.54, 1.807) is 0 Å². The molecule has 0 saturated carbocycles. The molecule has 2 amide bonds. The summed E-state index contributed by atoms with van der Waals surface area (Å²) in [5, 5.41) is 7.19. The number of hydrogen-bond donors (Lipinski definition) is 2. The molecule has 0 heterocycles. The van der Waals surface area contributed by atoms with Crippen LogP contribution in [-0.2, 0) is 12.4 Å². The van der Waals surface area contributed by atoms with Crippen molar-refractivity contribution in [3.8, 4) is 0 Å². The summed E-state index contributed by atoms with van der Waals surface area (Å²) in [7, 11) is 0. The molecule has 0 aromatic heterocycles. The van der Waals surface area contributed by atoms with Crippen molar-refractivity contribution in [1.82, 2.24) is 0 Å². The highest BCUT2D eigenvalue weighted by Gasteiger charge is 1.81. The third-order valence-corrected chi connectivity index (χ3v) is 0.215. The second-order valence-corrected chi connectivity index (χ2v) is 0.865. The van der Waals surface area contributed by atoms with Crippen LogP contribution in [0, 0.1) is 0 Å². The molecule has 0 fully saturated rings. The van der Waals surface area contributed by atoms with E-state index >= 15 is 0 Å². The first-order valence-corrected chi connectivity index (χ1v) is 1.88. The zero-order valence-electron chi connectivity index (χ0n) is 4.07. The number of carbonyl (C=O) groups is 2. The zero-order chi connectivity index (χ0) is 7.86. The summed E-state index contributed by atoms with van der Waals surface area (Å²) >= 11 is 3.58. The van der Waals surface area contributed by atoms with Crippen molar-refractivity contribution in [1.29, 1.82) is 0 Å². The van der Waals surface area contributed by atoms with E-state index in [9.17, 15) is 4.39 Å². The molecular formula is C2H3FN2O3S. The predicted molar refractivity (Wildman–Crippen MR) is 28.5 cm³/mol. The second kappa shape index (κ2) is 6.89. The summed E-state index contributed by atoms with van der Waals surface area (Å²) < 4.78 is 12.7. The average Bonchev–Trinajstić information content (AvgIpc) is 1.65. The lowest BCUT2D eigenvalue weighted by Gasteiger charge is -1.61. The molecule has 0 atom stereocenters. The fraction of sp³-hybridized carbons (Fsp3) is 0. The van der Waals surface area contributed by atoms with Crippen molar-refractivity contribution in [3.05, 3.63) is 0 Å². The van der Waals surface area contributed by atoms with Gasteiger partial charge in [-0.2, -0.15) is 0 Å². The summed E-state index contributed by atoms with van der Waals surface area (Å²) in [5.74, 6) is 0. The summed E-state index contributed by atoms with van der Waals surface area (Å²) in [6, 6.07) is 0. The molecule has 0 aliphatic rings. The van der Waals surface area contributed by atoms with Gasteiger partial charge in [0.25, 0.3) is 0 Å². The highest BCUT2D eigenvalue weighted by molar-refractivity contribution is 7.47. The molecule has 9 heavy (non-hydrogen) atoms. The van der Waals surface area contributed by atoms with Gasteiger partial charge in [-0.3, -0.25) is 0 Å². The van der Waals surface area contributed by atoms with Crippen LogP contribution in [0.3, 0.4) is 0 Å². The van der Waals surface area contributed by atoms with Crippen LogP contribution < -0.4 is 5.73 Å². The van der Waals surface area contributed by atoms with Crippen LogP contribution in [0.5, 0.6) is 0 Å². The van der Waals surface area contributed by atoms with E-state index in [1.807, 2.05) is 0 Å². The van der Waals surface area contributed by atoms with Crippen LogP contribution in [0.1, 0.15) is 0 Å². The minimum atomic E-state index is -1.81. The molecule has 0 aliphatic carbocycles. The van der Waals surface area contributed by atoms with Crippen LogP contribution in [0.25, 0.3) is 0 Å². The molecule has 3 N–H and O–H groups in total. The van der Waals surface area contributed by atoms with E-state index in [1.165, 1.54) is 0 Å². The number of nitrogens with zero attached hydrogens (tertiary/aromatic N) is 1. The molecule has 7 heteroatoms. The lowest BCUT2D eigenvalue weighted by Crippen LogP contribution is -2.03. The Morgan fingerprint density at radius 3 is 1.78 bits per heavy atom. The molecule has 5 nitrogen and oxygen atoms in total. The Bertz CT molecular complexity index is 123. The fourth-order valence-electron chi connectivity index (χ4n) is 0. The van der Waals surface area contributed by atoms with Gasteiger partial charge in [0.2, 0.25) is 0 Å². The number of carbonyl (C=O) groups excluding carboxylic acids is 1. The first kappa shape index (κ1) is 10.8. The second-order valence-electron chi connectivity index (χ2n) is 0.682. The molecule has 0 aliphatic heterocycles. The zero-order valence-corrected chi connectivity index (χ0v) is 4.89. The van der Waals surface area contributed by atoms with Gasteiger partial charge in [-0.25, -0.2) is 9.59 Å². The Hall–Kier alpha value is -1.11. The van der Waals surface area contributed by atoms with E-state index in [0.29, 0.717) is 0 Å². The van der Waals surface area contributed by atoms with Crippen molar-refractivity contribution in [3.63, 3.8) is 0 Å². The van der Waals surface area contributed by atoms with Crippen LogP contribution in [0.2, 0.25) is 0 Å². The minimum Gasteiger partial charge on any atom is -0.465 e. The third kappa shape index (κ3) is 208. The van der Waals surface area contributed by atoms with Gasteiger partial charge < -0.3 is 10.8 Å². The lowest BCUT2D eigenvalue weighted by molar-refractivity contribution is 0.205. The minimum absolute atomic E-state index is 1.33. The van der Waals surface area contributed by atoms with Gasteiger partial charge in [0.15, 0.2) is 0 Å². The number of primary amides is 1. The van der Waals surface area contributed by atoms with Gasteiger partial charge in [-0.1, -0.05) is 0 Å². The molecular weight excluding hydrogens is 151 g/mol. The molecule has 0 aromatic rings. The van der Waals surface area contributed by atoms with Crippen LogP contribution in [-0.4, -0.2) is 17.4 Å². The summed E-state index contributed by atoms with van der Waals surface area (Å²) in [6.45, 7) is 0. The molecule has 0 rings (SSSR count). The van der Waals surface area contributed by atoms with E-state index in [4.69, 9.17) is 14.7 Å². The van der Waals surface area contributed by atoms with Crippen molar-refractivity contribution in [2.75, 3.05) is 0 Å². The summed E-state index contributed by atoms with van der Waals surface area (Å²) in [5.41, 5.74) is 4.03. The molecule has 52 valence electrons. The smallest absolute Gasteiger partial charge is 0.435 e. The van der Waals surface area contributed by atoms with Gasteiger partial charge in [-0.15, -0.1) is 8.75 Å². The highest BCUT2D eigenvalue weighted by Crippen LogP contribution is 1.71. The van der Waals surface area contributed by atoms with Gasteiger partial charge in [0.1, 0.15) is 0 Å². The number of hydrogen-bond acceptors (Lipinski definition) is 3. The Labute approximate surface area is 54.8 Å². The normalized spacial score (nSPS) is 6.33.